The lowest BCUT2D eigenvalue weighted by molar-refractivity contribution is -0.137. The molecule has 2 heterocycles. The first-order chi connectivity index (χ1) is 11.9. The first-order valence-electron chi connectivity index (χ1n) is 7.27. The molecule has 0 unspecified atom stereocenters. The minimum atomic E-state index is -4.57. The molecule has 4 nitrogen and oxygen atoms in total. The van der Waals surface area contributed by atoms with Crippen LogP contribution in [0.3, 0.4) is 0 Å². The van der Waals surface area contributed by atoms with Crippen LogP contribution >= 0.6 is 11.6 Å². The van der Waals surface area contributed by atoms with Gasteiger partial charge < -0.3 is 5.32 Å². The summed E-state index contributed by atoms with van der Waals surface area (Å²) in [5.74, 6) is 0.0341. The van der Waals surface area contributed by atoms with Crippen LogP contribution in [0, 0.1) is 0 Å². The molecule has 0 aliphatic heterocycles. The van der Waals surface area contributed by atoms with Crippen molar-refractivity contribution in [2.24, 2.45) is 0 Å². The van der Waals surface area contributed by atoms with Crippen LogP contribution in [0.25, 0.3) is 11.3 Å². The van der Waals surface area contributed by atoms with Gasteiger partial charge in [0.15, 0.2) is 0 Å². The van der Waals surface area contributed by atoms with E-state index >= 15 is 0 Å². The van der Waals surface area contributed by atoms with Gasteiger partial charge in [0.25, 0.3) is 0 Å². The summed E-state index contributed by atoms with van der Waals surface area (Å²) in [6.07, 6.45) is -2.19. The summed E-state index contributed by atoms with van der Waals surface area (Å²) in [5, 5.41) is 2.22. The zero-order valence-corrected chi connectivity index (χ0v) is 13.5. The van der Waals surface area contributed by atoms with Crippen LogP contribution < -0.4 is 5.32 Å². The maximum Gasteiger partial charge on any atom is 0.420 e. The van der Waals surface area contributed by atoms with E-state index in [0.29, 0.717) is 12.7 Å². The third-order valence-corrected chi connectivity index (χ3v) is 3.70. The molecule has 0 saturated carbocycles. The Hall–Kier alpha value is -2.67. The normalized spacial score (nSPS) is 11.4. The second-order valence-electron chi connectivity index (χ2n) is 5.16. The van der Waals surface area contributed by atoms with Crippen molar-refractivity contribution in [2.75, 3.05) is 5.32 Å². The Morgan fingerprint density at radius 3 is 2.36 bits per heavy atom. The Balaban J connectivity index is 1.67. The van der Waals surface area contributed by atoms with Gasteiger partial charge in [-0.1, -0.05) is 41.9 Å². The topological polar surface area (TPSA) is 50.7 Å². The molecular weight excluding hydrogens is 353 g/mol. The second kappa shape index (κ2) is 7.06. The van der Waals surface area contributed by atoms with Gasteiger partial charge in [-0.25, -0.2) is 9.97 Å². The summed E-state index contributed by atoms with van der Waals surface area (Å²) in [5.41, 5.74) is 1.69. The summed E-state index contributed by atoms with van der Waals surface area (Å²) >= 11 is 5.57. The monoisotopic (exact) mass is 364 g/mol. The molecular formula is C17H12ClF3N4. The van der Waals surface area contributed by atoms with Crippen LogP contribution in [0.4, 0.5) is 19.1 Å². The summed E-state index contributed by atoms with van der Waals surface area (Å²) in [7, 11) is 0. The molecule has 3 rings (SSSR count). The van der Waals surface area contributed by atoms with E-state index < -0.39 is 16.9 Å². The highest BCUT2D eigenvalue weighted by atomic mass is 35.5. The number of anilines is 1. The summed E-state index contributed by atoms with van der Waals surface area (Å²) in [6.45, 7) is 0.351. The van der Waals surface area contributed by atoms with Crippen LogP contribution in [0.2, 0.25) is 5.15 Å². The van der Waals surface area contributed by atoms with E-state index in [1.807, 2.05) is 42.5 Å². The smallest absolute Gasteiger partial charge is 0.350 e. The molecule has 25 heavy (non-hydrogen) atoms. The molecule has 0 amide bonds. The zero-order valence-electron chi connectivity index (χ0n) is 12.8. The average Bonchev–Trinajstić information content (AvgIpc) is 2.60. The SMILES string of the molecule is FC(F)(F)c1cnc(NCc2ccc(-c3ccccn3)cc2)nc1Cl. The third kappa shape index (κ3) is 4.24. The number of pyridine rings is 1. The quantitative estimate of drug-likeness (QED) is 0.674. The molecule has 0 atom stereocenters. The Morgan fingerprint density at radius 2 is 1.76 bits per heavy atom. The number of aromatic nitrogens is 3. The fraction of sp³-hybridized carbons (Fsp3) is 0.118. The van der Waals surface area contributed by atoms with Crippen LogP contribution in [-0.2, 0) is 12.7 Å². The molecule has 0 saturated heterocycles. The predicted octanol–water partition coefficient (Wildman–Crippen LogP) is 4.82. The van der Waals surface area contributed by atoms with Crippen molar-refractivity contribution in [3.63, 3.8) is 0 Å². The number of hydrogen-bond donors (Lipinski definition) is 1. The van der Waals surface area contributed by atoms with Crippen molar-refractivity contribution in [3.8, 4) is 11.3 Å². The summed E-state index contributed by atoms with van der Waals surface area (Å²) < 4.78 is 37.9. The lowest BCUT2D eigenvalue weighted by Gasteiger charge is -2.10. The van der Waals surface area contributed by atoms with E-state index in [0.717, 1.165) is 16.8 Å². The van der Waals surface area contributed by atoms with Gasteiger partial charge >= 0.3 is 6.18 Å². The van der Waals surface area contributed by atoms with Crippen LogP contribution in [-0.4, -0.2) is 15.0 Å². The van der Waals surface area contributed by atoms with Gasteiger partial charge in [0.1, 0.15) is 10.7 Å². The van der Waals surface area contributed by atoms with Crippen LogP contribution in [0.15, 0.2) is 54.9 Å². The maximum atomic E-state index is 12.6. The van der Waals surface area contributed by atoms with Crippen molar-refractivity contribution in [1.82, 2.24) is 15.0 Å². The first-order valence-corrected chi connectivity index (χ1v) is 7.65. The van der Waals surface area contributed by atoms with Crippen molar-refractivity contribution in [2.45, 2.75) is 12.7 Å². The molecule has 128 valence electrons. The number of nitrogens with zero attached hydrogens (tertiary/aromatic N) is 3. The van der Waals surface area contributed by atoms with Crippen LogP contribution in [0.5, 0.6) is 0 Å². The lowest BCUT2D eigenvalue weighted by atomic mass is 10.1. The van der Waals surface area contributed by atoms with Gasteiger partial charge in [-0.05, 0) is 17.7 Å². The molecule has 0 radical (unpaired) electrons. The third-order valence-electron chi connectivity index (χ3n) is 3.41. The Morgan fingerprint density at radius 1 is 1.00 bits per heavy atom. The van der Waals surface area contributed by atoms with Gasteiger partial charge in [-0.3, -0.25) is 4.98 Å². The largest absolute Gasteiger partial charge is 0.420 e. The molecule has 0 aliphatic rings. The van der Waals surface area contributed by atoms with Crippen molar-refractivity contribution >= 4 is 17.5 Å². The highest BCUT2D eigenvalue weighted by molar-refractivity contribution is 6.30. The standard InChI is InChI=1S/C17H12ClF3N4/c18-15-13(17(19,20)21)10-24-16(25-15)23-9-11-4-6-12(7-5-11)14-3-1-2-8-22-14/h1-8,10H,9H2,(H,23,24,25). The second-order valence-corrected chi connectivity index (χ2v) is 5.52. The highest BCUT2D eigenvalue weighted by Crippen LogP contribution is 2.33. The number of halogens is 4. The van der Waals surface area contributed by atoms with E-state index in [1.54, 1.807) is 6.20 Å². The fourth-order valence-corrected chi connectivity index (χ4v) is 2.38. The van der Waals surface area contributed by atoms with Crippen molar-refractivity contribution in [3.05, 3.63) is 71.1 Å². The average molecular weight is 365 g/mol. The lowest BCUT2D eigenvalue weighted by Crippen LogP contribution is -2.10. The summed E-state index contributed by atoms with van der Waals surface area (Å²) in [4.78, 5) is 11.6. The van der Waals surface area contributed by atoms with Gasteiger partial charge in [0, 0.05) is 24.5 Å². The number of alkyl halides is 3. The minimum Gasteiger partial charge on any atom is -0.350 e. The summed E-state index contributed by atoms with van der Waals surface area (Å²) in [6, 6.07) is 13.3. The molecule has 0 bridgehead atoms. The predicted molar refractivity (Wildman–Crippen MR) is 89.0 cm³/mol. The van der Waals surface area contributed by atoms with E-state index in [-0.39, 0.29) is 5.95 Å². The Kier molecular flexibility index (Phi) is 4.85. The minimum absolute atomic E-state index is 0.0341. The first kappa shape index (κ1) is 17.2. The molecule has 0 fully saturated rings. The molecule has 2 aromatic heterocycles. The van der Waals surface area contributed by atoms with Gasteiger partial charge in [0.05, 0.1) is 5.69 Å². The maximum absolute atomic E-state index is 12.6. The van der Waals surface area contributed by atoms with Crippen LogP contribution in [0.1, 0.15) is 11.1 Å². The van der Waals surface area contributed by atoms with E-state index in [9.17, 15) is 13.2 Å². The van der Waals surface area contributed by atoms with Gasteiger partial charge in [-0.15, -0.1) is 0 Å². The molecule has 8 heteroatoms. The molecule has 1 N–H and O–H groups in total. The molecule has 0 aliphatic carbocycles. The number of benzene rings is 1. The van der Waals surface area contributed by atoms with Gasteiger partial charge in [0.2, 0.25) is 5.95 Å². The van der Waals surface area contributed by atoms with Gasteiger partial charge in [-0.2, -0.15) is 13.2 Å². The highest BCUT2D eigenvalue weighted by Gasteiger charge is 2.34. The number of nitrogens with one attached hydrogen (secondary N) is 1. The molecule has 3 aromatic rings. The van der Waals surface area contributed by atoms with E-state index in [2.05, 4.69) is 20.3 Å². The number of hydrogen-bond acceptors (Lipinski definition) is 4. The van der Waals surface area contributed by atoms with Crippen molar-refractivity contribution in [1.29, 1.82) is 0 Å². The van der Waals surface area contributed by atoms with E-state index in [1.165, 1.54) is 0 Å². The fourth-order valence-electron chi connectivity index (χ4n) is 2.14. The Labute approximate surface area is 146 Å². The zero-order chi connectivity index (χ0) is 17.9. The number of rotatable bonds is 4. The Bertz CT molecular complexity index is 852. The molecule has 0 spiro atoms. The van der Waals surface area contributed by atoms with E-state index in [4.69, 9.17) is 11.6 Å². The van der Waals surface area contributed by atoms with Crippen molar-refractivity contribution < 1.29 is 13.2 Å². The molecule has 1 aromatic carbocycles.